The van der Waals surface area contributed by atoms with Gasteiger partial charge in [0.1, 0.15) is 0 Å². The maximum atomic E-state index is 5.40. The highest BCUT2D eigenvalue weighted by Crippen LogP contribution is 2.36. The third-order valence-electron chi connectivity index (χ3n) is 2.27. The summed E-state index contributed by atoms with van der Waals surface area (Å²) < 4.78 is 15.7. The SMILES string of the molecule is COC1Oc2ccc(C(C)C)cc2O1. The highest BCUT2D eigenvalue weighted by Gasteiger charge is 2.23. The molecule has 0 radical (unpaired) electrons. The van der Waals surface area contributed by atoms with E-state index >= 15 is 0 Å². The van der Waals surface area contributed by atoms with Crippen molar-refractivity contribution in [1.29, 1.82) is 0 Å². The minimum Gasteiger partial charge on any atom is -0.428 e. The zero-order valence-corrected chi connectivity index (χ0v) is 8.61. The smallest absolute Gasteiger partial charge is 0.360 e. The van der Waals surface area contributed by atoms with Crippen LogP contribution in [0.25, 0.3) is 0 Å². The second kappa shape index (κ2) is 3.50. The first-order valence-corrected chi connectivity index (χ1v) is 4.71. The molecular weight excluding hydrogens is 180 g/mol. The highest BCUT2D eigenvalue weighted by atomic mass is 16.9. The van der Waals surface area contributed by atoms with Gasteiger partial charge >= 0.3 is 6.48 Å². The lowest BCUT2D eigenvalue weighted by molar-refractivity contribution is -0.157. The minimum absolute atomic E-state index is 0.491. The van der Waals surface area contributed by atoms with E-state index in [1.54, 1.807) is 7.11 Å². The third-order valence-corrected chi connectivity index (χ3v) is 2.27. The zero-order valence-electron chi connectivity index (χ0n) is 8.61. The maximum Gasteiger partial charge on any atom is 0.360 e. The molecule has 1 aliphatic rings. The van der Waals surface area contributed by atoms with Crippen molar-refractivity contribution in [2.75, 3.05) is 7.11 Å². The van der Waals surface area contributed by atoms with E-state index in [-0.39, 0.29) is 0 Å². The first-order valence-electron chi connectivity index (χ1n) is 4.71. The van der Waals surface area contributed by atoms with Crippen molar-refractivity contribution >= 4 is 0 Å². The van der Waals surface area contributed by atoms with Crippen molar-refractivity contribution in [2.24, 2.45) is 0 Å². The molecule has 3 heteroatoms. The Morgan fingerprint density at radius 1 is 1.21 bits per heavy atom. The van der Waals surface area contributed by atoms with Crippen molar-refractivity contribution in [3.63, 3.8) is 0 Å². The van der Waals surface area contributed by atoms with E-state index in [2.05, 4.69) is 13.8 Å². The third kappa shape index (κ3) is 1.55. The molecule has 0 spiro atoms. The molecule has 0 amide bonds. The summed E-state index contributed by atoms with van der Waals surface area (Å²) in [5, 5.41) is 0. The summed E-state index contributed by atoms with van der Waals surface area (Å²) in [6.07, 6.45) is 0. The van der Waals surface area contributed by atoms with E-state index in [4.69, 9.17) is 14.2 Å². The van der Waals surface area contributed by atoms with Gasteiger partial charge < -0.3 is 14.2 Å². The summed E-state index contributed by atoms with van der Waals surface area (Å²) in [4.78, 5) is 0. The molecular formula is C11H14O3. The number of rotatable bonds is 2. The fraction of sp³-hybridized carbons (Fsp3) is 0.455. The van der Waals surface area contributed by atoms with Crippen LogP contribution >= 0.6 is 0 Å². The van der Waals surface area contributed by atoms with E-state index in [0.29, 0.717) is 5.92 Å². The standard InChI is InChI=1S/C11H14O3/c1-7(2)8-4-5-9-10(6-8)14-11(12-3)13-9/h4-7,11H,1-3H3. The Kier molecular flexibility index (Phi) is 2.33. The van der Waals surface area contributed by atoms with Crippen LogP contribution in [0.5, 0.6) is 11.5 Å². The molecule has 0 aromatic heterocycles. The molecule has 0 saturated heterocycles. The monoisotopic (exact) mass is 194 g/mol. The van der Waals surface area contributed by atoms with Crippen LogP contribution in [0.3, 0.4) is 0 Å². The number of methoxy groups -OCH3 is 1. The van der Waals surface area contributed by atoms with E-state index in [1.807, 2.05) is 18.2 Å². The largest absolute Gasteiger partial charge is 0.428 e. The fourth-order valence-electron chi connectivity index (χ4n) is 1.40. The molecule has 0 fully saturated rings. The molecule has 1 aromatic carbocycles. The van der Waals surface area contributed by atoms with Gasteiger partial charge in [-0.1, -0.05) is 19.9 Å². The Bertz CT molecular complexity index is 333. The first-order chi connectivity index (χ1) is 6.70. The normalized spacial score (nSPS) is 19.0. The summed E-state index contributed by atoms with van der Waals surface area (Å²) in [6, 6.07) is 5.97. The molecule has 0 N–H and O–H groups in total. The number of fused-ring (bicyclic) bond motifs is 1. The molecule has 1 unspecified atom stereocenters. The predicted molar refractivity (Wildman–Crippen MR) is 52.6 cm³/mol. The summed E-state index contributed by atoms with van der Waals surface area (Å²) in [6.45, 7) is 3.70. The van der Waals surface area contributed by atoms with Crippen LogP contribution in [-0.4, -0.2) is 13.6 Å². The van der Waals surface area contributed by atoms with Crippen LogP contribution in [0.2, 0.25) is 0 Å². The maximum absolute atomic E-state index is 5.40. The molecule has 1 atom stereocenters. The van der Waals surface area contributed by atoms with Crippen molar-refractivity contribution in [3.05, 3.63) is 23.8 Å². The van der Waals surface area contributed by atoms with Gasteiger partial charge in [-0.3, -0.25) is 0 Å². The average molecular weight is 194 g/mol. The summed E-state index contributed by atoms with van der Waals surface area (Å²) >= 11 is 0. The second-order valence-corrected chi connectivity index (χ2v) is 3.62. The molecule has 3 nitrogen and oxygen atoms in total. The van der Waals surface area contributed by atoms with E-state index in [0.717, 1.165) is 11.5 Å². The lowest BCUT2D eigenvalue weighted by Gasteiger charge is -2.05. The first kappa shape index (κ1) is 9.34. The Balaban J connectivity index is 2.26. The predicted octanol–water partition coefficient (Wildman–Crippen LogP) is 2.51. The number of hydrogen-bond acceptors (Lipinski definition) is 3. The van der Waals surface area contributed by atoms with Crippen molar-refractivity contribution < 1.29 is 14.2 Å². The minimum atomic E-state index is -0.590. The quantitative estimate of drug-likeness (QED) is 0.724. The Hall–Kier alpha value is -1.22. The molecule has 0 saturated carbocycles. The van der Waals surface area contributed by atoms with Crippen LogP contribution in [0.4, 0.5) is 0 Å². The van der Waals surface area contributed by atoms with Gasteiger partial charge in [0.05, 0.1) is 0 Å². The molecule has 1 heterocycles. The lowest BCUT2D eigenvalue weighted by atomic mass is 10.0. The second-order valence-electron chi connectivity index (χ2n) is 3.62. The van der Waals surface area contributed by atoms with Gasteiger partial charge in [0.2, 0.25) is 0 Å². The van der Waals surface area contributed by atoms with Crippen molar-refractivity contribution in [1.82, 2.24) is 0 Å². The van der Waals surface area contributed by atoms with Crippen LogP contribution in [0, 0.1) is 0 Å². The molecule has 2 rings (SSSR count). The molecule has 0 aliphatic carbocycles. The molecule has 1 aliphatic heterocycles. The molecule has 14 heavy (non-hydrogen) atoms. The fourth-order valence-corrected chi connectivity index (χ4v) is 1.40. The molecule has 1 aromatic rings. The number of benzene rings is 1. The van der Waals surface area contributed by atoms with Gasteiger partial charge in [-0.2, -0.15) is 0 Å². The summed E-state index contributed by atoms with van der Waals surface area (Å²) in [7, 11) is 1.56. The van der Waals surface area contributed by atoms with E-state index < -0.39 is 6.48 Å². The van der Waals surface area contributed by atoms with Gasteiger partial charge in [0.15, 0.2) is 11.5 Å². The number of ether oxygens (including phenoxy) is 3. The Morgan fingerprint density at radius 3 is 2.57 bits per heavy atom. The van der Waals surface area contributed by atoms with Gasteiger partial charge in [0.25, 0.3) is 0 Å². The summed E-state index contributed by atoms with van der Waals surface area (Å²) in [5.41, 5.74) is 1.24. The average Bonchev–Trinajstić information content (AvgIpc) is 2.58. The molecule has 0 bridgehead atoms. The Labute approximate surface area is 83.6 Å². The van der Waals surface area contributed by atoms with Gasteiger partial charge in [-0.05, 0) is 23.6 Å². The Morgan fingerprint density at radius 2 is 1.93 bits per heavy atom. The molecule has 76 valence electrons. The number of hydrogen-bond donors (Lipinski definition) is 0. The van der Waals surface area contributed by atoms with Gasteiger partial charge in [-0.15, -0.1) is 0 Å². The highest BCUT2D eigenvalue weighted by molar-refractivity contribution is 5.45. The van der Waals surface area contributed by atoms with E-state index in [1.165, 1.54) is 5.56 Å². The van der Waals surface area contributed by atoms with Crippen molar-refractivity contribution in [3.8, 4) is 11.5 Å². The van der Waals surface area contributed by atoms with Crippen LogP contribution in [-0.2, 0) is 4.74 Å². The van der Waals surface area contributed by atoms with Gasteiger partial charge in [-0.25, -0.2) is 0 Å². The topological polar surface area (TPSA) is 27.7 Å². The van der Waals surface area contributed by atoms with Crippen LogP contribution in [0.15, 0.2) is 18.2 Å². The zero-order chi connectivity index (χ0) is 10.1. The van der Waals surface area contributed by atoms with Crippen LogP contribution in [0.1, 0.15) is 25.3 Å². The van der Waals surface area contributed by atoms with E-state index in [9.17, 15) is 0 Å². The van der Waals surface area contributed by atoms with Gasteiger partial charge in [0, 0.05) is 7.11 Å². The lowest BCUT2D eigenvalue weighted by Crippen LogP contribution is -2.19. The van der Waals surface area contributed by atoms with Crippen LogP contribution < -0.4 is 9.47 Å². The summed E-state index contributed by atoms with van der Waals surface area (Å²) in [5.74, 6) is 2.01. The van der Waals surface area contributed by atoms with Crippen molar-refractivity contribution in [2.45, 2.75) is 26.2 Å².